The topological polar surface area (TPSA) is 38.8 Å². The Kier molecular flexibility index (Phi) is 3.91. The molecule has 2 aliphatic rings. The Morgan fingerprint density at radius 3 is 2.57 bits per heavy atom. The number of nitrogens with zero attached hydrogens (tertiary/aromatic N) is 1. The van der Waals surface area contributed by atoms with Gasteiger partial charge in [0.25, 0.3) is 11.7 Å². The molecule has 21 heavy (non-hydrogen) atoms. The molecule has 0 bridgehead atoms. The van der Waals surface area contributed by atoms with E-state index in [1.165, 1.54) is 0 Å². The van der Waals surface area contributed by atoms with Crippen molar-refractivity contribution in [2.24, 2.45) is 5.92 Å². The summed E-state index contributed by atoms with van der Waals surface area (Å²) in [6.45, 7) is 5.60. The molecule has 4 nitrogen and oxygen atoms in total. The number of benzene rings is 1. The molecule has 2 aliphatic heterocycles. The fourth-order valence-electron chi connectivity index (χ4n) is 2.81. The average Bonchev–Trinajstić information content (AvgIpc) is 2.67. The van der Waals surface area contributed by atoms with Crippen LogP contribution in [0.15, 0.2) is 12.1 Å². The van der Waals surface area contributed by atoms with Crippen LogP contribution in [0.1, 0.15) is 25.8 Å². The molecular formula is C15H17Cl2NO3. The van der Waals surface area contributed by atoms with E-state index in [0.29, 0.717) is 41.1 Å². The van der Waals surface area contributed by atoms with Crippen LogP contribution in [0.3, 0.4) is 0 Å². The molecule has 0 unspecified atom stereocenters. The smallest absolute Gasteiger partial charge is 0.292 e. The SMILES string of the molecule is CC(C)CN1C(=O)C2(OCCCO2)c2ccc(Cl)c(Cl)c21. The van der Waals surface area contributed by atoms with E-state index in [1.807, 2.05) is 13.8 Å². The molecule has 1 saturated heterocycles. The lowest BCUT2D eigenvalue weighted by Gasteiger charge is -2.32. The normalized spacial score (nSPS) is 20.4. The Morgan fingerprint density at radius 1 is 1.29 bits per heavy atom. The molecule has 1 aromatic carbocycles. The molecule has 114 valence electrons. The van der Waals surface area contributed by atoms with E-state index < -0.39 is 5.79 Å². The van der Waals surface area contributed by atoms with Crippen LogP contribution >= 0.6 is 23.2 Å². The van der Waals surface area contributed by atoms with Crippen LogP contribution in [0, 0.1) is 5.92 Å². The van der Waals surface area contributed by atoms with Crippen LogP contribution in [-0.2, 0) is 20.1 Å². The minimum absolute atomic E-state index is 0.213. The number of carbonyl (C=O) groups excluding carboxylic acids is 1. The van der Waals surface area contributed by atoms with E-state index in [2.05, 4.69) is 0 Å². The van der Waals surface area contributed by atoms with Gasteiger partial charge < -0.3 is 14.4 Å². The second-order valence-corrected chi connectivity index (χ2v) is 6.52. The quantitative estimate of drug-likeness (QED) is 0.832. The van der Waals surface area contributed by atoms with E-state index in [4.69, 9.17) is 32.7 Å². The number of amides is 1. The maximum Gasteiger partial charge on any atom is 0.292 e. The highest BCUT2D eigenvalue weighted by molar-refractivity contribution is 6.44. The summed E-state index contributed by atoms with van der Waals surface area (Å²) in [6, 6.07) is 3.45. The molecule has 1 fully saturated rings. The summed E-state index contributed by atoms with van der Waals surface area (Å²) >= 11 is 12.5. The molecule has 0 saturated carbocycles. The maximum absolute atomic E-state index is 12.9. The standard InChI is InChI=1S/C15H17Cl2NO3/c1-9(2)8-18-13-10(4-5-11(16)12(13)17)15(14(18)19)20-6-3-7-21-15/h4-5,9H,3,6-8H2,1-2H3. The summed E-state index contributed by atoms with van der Waals surface area (Å²) in [4.78, 5) is 14.6. The first-order valence-corrected chi connectivity index (χ1v) is 7.81. The van der Waals surface area contributed by atoms with Crippen molar-refractivity contribution in [2.75, 3.05) is 24.7 Å². The summed E-state index contributed by atoms with van der Waals surface area (Å²) in [6.07, 6.45) is 0.774. The highest BCUT2D eigenvalue weighted by atomic mass is 35.5. The number of fused-ring (bicyclic) bond motifs is 2. The molecule has 0 radical (unpaired) electrons. The van der Waals surface area contributed by atoms with Gasteiger partial charge in [0.05, 0.1) is 28.9 Å². The zero-order valence-corrected chi connectivity index (χ0v) is 13.5. The highest BCUT2D eigenvalue weighted by Gasteiger charge is 2.55. The van der Waals surface area contributed by atoms with Crippen molar-refractivity contribution >= 4 is 34.8 Å². The molecule has 6 heteroatoms. The molecule has 3 rings (SSSR count). The van der Waals surface area contributed by atoms with Gasteiger partial charge in [-0.1, -0.05) is 37.0 Å². The van der Waals surface area contributed by atoms with E-state index in [0.717, 1.165) is 6.42 Å². The van der Waals surface area contributed by atoms with Crippen molar-refractivity contribution < 1.29 is 14.3 Å². The Morgan fingerprint density at radius 2 is 1.95 bits per heavy atom. The van der Waals surface area contributed by atoms with Gasteiger partial charge in [-0.3, -0.25) is 4.79 Å². The average molecular weight is 330 g/mol. The number of hydrogen-bond acceptors (Lipinski definition) is 3. The van der Waals surface area contributed by atoms with Gasteiger partial charge in [0.15, 0.2) is 0 Å². The van der Waals surface area contributed by atoms with Gasteiger partial charge in [-0.25, -0.2) is 0 Å². The number of carbonyl (C=O) groups is 1. The van der Waals surface area contributed by atoms with Gasteiger partial charge in [-0.05, 0) is 24.5 Å². The fraction of sp³-hybridized carbons (Fsp3) is 0.533. The molecule has 0 N–H and O–H groups in total. The third-order valence-corrected chi connectivity index (χ3v) is 4.46. The zero-order chi connectivity index (χ0) is 15.2. The number of halogens is 2. The third kappa shape index (κ3) is 2.25. The monoisotopic (exact) mass is 329 g/mol. The van der Waals surface area contributed by atoms with Gasteiger partial charge in [-0.15, -0.1) is 0 Å². The Balaban J connectivity index is 2.16. The molecule has 2 heterocycles. The van der Waals surface area contributed by atoms with Crippen LogP contribution in [0.5, 0.6) is 0 Å². The Labute approximate surface area is 133 Å². The van der Waals surface area contributed by atoms with E-state index in [-0.39, 0.29) is 11.8 Å². The van der Waals surface area contributed by atoms with Crippen LogP contribution < -0.4 is 4.90 Å². The Hall–Kier alpha value is -0.810. The second-order valence-electron chi connectivity index (χ2n) is 5.73. The zero-order valence-electron chi connectivity index (χ0n) is 12.0. The van der Waals surface area contributed by atoms with Crippen LogP contribution in [0.25, 0.3) is 0 Å². The van der Waals surface area contributed by atoms with E-state index in [1.54, 1.807) is 17.0 Å². The van der Waals surface area contributed by atoms with E-state index >= 15 is 0 Å². The molecular weight excluding hydrogens is 313 g/mol. The highest BCUT2D eigenvalue weighted by Crippen LogP contribution is 2.50. The van der Waals surface area contributed by atoms with Gasteiger partial charge in [0.1, 0.15) is 0 Å². The molecule has 1 aromatic rings. The van der Waals surface area contributed by atoms with Crippen molar-refractivity contribution in [2.45, 2.75) is 26.1 Å². The van der Waals surface area contributed by atoms with Crippen molar-refractivity contribution in [3.63, 3.8) is 0 Å². The lowest BCUT2D eigenvalue weighted by Crippen LogP contribution is -2.47. The van der Waals surface area contributed by atoms with Crippen molar-refractivity contribution in [3.05, 3.63) is 27.7 Å². The summed E-state index contributed by atoms with van der Waals surface area (Å²) in [5.74, 6) is -1.28. The summed E-state index contributed by atoms with van der Waals surface area (Å²) < 4.78 is 11.5. The molecule has 0 atom stereocenters. The first-order chi connectivity index (χ1) is 9.97. The molecule has 0 aliphatic carbocycles. The predicted octanol–water partition coefficient (Wildman–Crippen LogP) is 3.59. The van der Waals surface area contributed by atoms with Crippen LogP contribution in [-0.4, -0.2) is 25.7 Å². The van der Waals surface area contributed by atoms with Gasteiger partial charge in [0, 0.05) is 12.1 Å². The molecule has 1 spiro atoms. The minimum Gasteiger partial charge on any atom is -0.338 e. The second kappa shape index (κ2) is 5.43. The van der Waals surface area contributed by atoms with Crippen LogP contribution in [0.2, 0.25) is 10.0 Å². The number of ether oxygens (including phenoxy) is 2. The van der Waals surface area contributed by atoms with E-state index in [9.17, 15) is 4.79 Å². The lowest BCUT2D eigenvalue weighted by atomic mass is 10.1. The first kappa shape index (κ1) is 15.1. The maximum atomic E-state index is 12.9. The van der Waals surface area contributed by atoms with Crippen molar-refractivity contribution in [3.8, 4) is 0 Å². The predicted molar refractivity (Wildman–Crippen MR) is 81.9 cm³/mol. The fourth-order valence-corrected chi connectivity index (χ4v) is 3.23. The lowest BCUT2D eigenvalue weighted by molar-refractivity contribution is -0.256. The summed E-state index contributed by atoms with van der Waals surface area (Å²) in [5.41, 5.74) is 1.27. The molecule has 0 aromatic heterocycles. The first-order valence-electron chi connectivity index (χ1n) is 7.05. The van der Waals surface area contributed by atoms with Gasteiger partial charge in [0.2, 0.25) is 0 Å². The van der Waals surface area contributed by atoms with Crippen molar-refractivity contribution in [1.82, 2.24) is 0 Å². The van der Waals surface area contributed by atoms with Gasteiger partial charge >= 0.3 is 0 Å². The Bertz CT molecular complexity index is 583. The summed E-state index contributed by atoms with van der Waals surface area (Å²) in [7, 11) is 0. The van der Waals surface area contributed by atoms with Crippen LogP contribution in [0.4, 0.5) is 5.69 Å². The number of anilines is 1. The largest absolute Gasteiger partial charge is 0.338 e. The number of hydrogen-bond donors (Lipinski definition) is 0. The third-order valence-electron chi connectivity index (χ3n) is 3.67. The number of rotatable bonds is 2. The minimum atomic E-state index is -1.35. The summed E-state index contributed by atoms with van der Waals surface area (Å²) in [5, 5.41) is 0.794. The van der Waals surface area contributed by atoms with Gasteiger partial charge in [-0.2, -0.15) is 0 Å². The van der Waals surface area contributed by atoms with Crippen molar-refractivity contribution in [1.29, 1.82) is 0 Å². The molecule has 1 amide bonds.